The van der Waals surface area contributed by atoms with Gasteiger partial charge in [-0.05, 0) is 25.3 Å². The predicted octanol–water partition coefficient (Wildman–Crippen LogP) is 2.09. The number of aryl methyl sites for hydroxylation is 1. The standard InChI is InChI=1S/C14H18N2O3S/c1-9(7-17)16(3)13(18)6-12-10(2)19-14(15-12)11-4-5-20-8-11/h4-5,8-9,17H,6-7H2,1-3H3. The van der Waals surface area contributed by atoms with E-state index in [1.165, 1.54) is 4.90 Å². The van der Waals surface area contributed by atoms with Crippen LogP contribution in [0.2, 0.25) is 0 Å². The van der Waals surface area contributed by atoms with Crippen molar-refractivity contribution < 1.29 is 14.3 Å². The molecule has 0 saturated carbocycles. The van der Waals surface area contributed by atoms with E-state index >= 15 is 0 Å². The fourth-order valence-electron chi connectivity index (χ4n) is 1.74. The van der Waals surface area contributed by atoms with Crippen LogP contribution in [0.15, 0.2) is 21.2 Å². The van der Waals surface area contributed by atoms with Crippen LogP contribution < -0.4 is 0 Å². The molecule has 1 amide bonds. The first-order chi connectivity index (χ1) is 9.52. The van der Waals surface area contributed by atoms with Gasteiger partial charge in [-0.15, -0.1) is 0 Å². The van der Waals surface area contributed by atoms with Crippen molar-refractivity contribution in [2.45, 2.75) is 26.3 Å². The van der Waals surface area contributed by atoms with Gasteiger partial charge in [0.15, 0.2) is 0 Å². The first-order valence-electron chi connectivity index (χ1n) is 6.38. The van der Waals surface area contributed by atoms with Crippen molar-refractivity contribution in [3.05, 3.63) is 28.3 Å². The summed E-state index contributed by atoms with van der Waals surface area (Å²) in [5, 5.41) is 13.0. The summed E-state index contributed by atoms with van der Waals surface area (Å²) in [7, 11) is 1.68. The lowest BCUT2D eigenvalue weighted by molar-refractivity contribution is -0.131. The number of carbonyl (C=O) groups excluding carboxylic acids is 1. The van der Waals surface area contributed by atoms with Gasteiger partial charge in [0.05, 0.1) is 24.8 Å². The highest BCUT2D eigenvalue weighted by atomic mass is 32.1. The minimum Gasteiger partial charge on any atom is -0.441 e. The number of aliphatic hydroxyl groups excluding tert-OH is 1. The molecule has 1 unspecified atom stereocenters. The summed E-state index contributed by atoms with van der Waals surface area (Å²) >= 11 is 1.57. The average Bonchev–Trinajstić information content (AvgIpc) is 3.07. The Morgan fingerprint density at radius 3 is 2.95 bits per heavy atom. The van der Waals surface area contributed by atoms with Crippen molar-refractivity contribution in [2.75, 3.05) is 13.7 Å². The number of hydrogen-bond donors (Lipinski definition) is 1. The summed E-state index contributed by atoms with van der Waals surface area (Å²) in [6, 6.07) is 1.73. The van der Waals surface area contributed by atoms with Crippen LogP contribution in [-0.2, 0) is 11.2 Å². The fourth-order valence-corrected chi connectivity index (χ4v) is 2.37. The molecule has 0 aromatic carbocycles. The van der Waals surface area contributed by atoms with Crippen LogP contribution in [0.25, 0.3) is 11.5 Å². The molecule has 2 aromatic heterocycles. The number of thiophene rings is 1. The molecule has 2 rings (SSSR count). The van der Waals surface area contributed by atoms with Gasteiger partial charge in [-0.1, -0.05) is 0 Å². The zero-order valence-corrected chi connectivity index (χ0v) is 12.6. The van der Waals surface area contributed by atoms with Crippen LogP contribution >= 0.6 is 11.3 Å². The Morgan fingerprint density at radius 1 is 1.60 bits per heavy atom. The lowest BCUT2D eigenvalue weighted by Gasteiger charge is -2.22. The topological polar surface area (TPSA) is 66.6 Å². The lowest BCUT2D eigenvalue weighted by Crippen LogP contribution is -2.38. The Kier molecular flexibility index (Phi) is 4.57. The quantitative estimate of drug-likeness (QED) is 0.917. The van der Waals surface area contributed by atoms with Gasteiger partial charge in [-0.3, -0.25) is 4.79 Å². The number of amides is 1. The number of likely N-dealkylation sites (N-methyl/N-ethyl adjacent to an activating group) is 1. The first-order valence-corrected chi connectivity index (χ1v) is 7.32. The van der Waals surface area contributed by atoms with Crippen LogP contribution in [0.1, 0.15) is 18.4 Å². The molecular weight excluding hydrogens is 276 g/mol. The van der Waals surface area contributed by atoms with Crippen molar-refractivity contribution in [2.24, 2.45) is 0 Å². The Labute approximate surface area is 121 Å². The van der Waals surface area contributed by atoms with Crippen molar-refractivity contribution in [1.82, 2.24) is 9.88 Å². The third-order valence-corrected chi connectivity index (χ3v) is 3.98. The van der Waals surface area contributed by atoms with Crippen LogP contribution in [0.3, 0.4) is 0 Å². The summed E-state index contributed by atoms with van der Waals surface area (Å²) in [5.74, 6) is 1.12. The minimum atomic E-state index is -0.203. The van der Waals surface area contributed by atoms with Crippen molar-refractivity contribution >= 4 is 17.2 Å². The molecule has 2 aromatic rings. The SMILES string of the molecule is Cc1oc(-c2ccsc2)nc1CC(=O)N(C)C(C)CO. The molecule has 0 fully saturated rings. The van der Waals surface area contributed by atoms with E-state index in [0.717, 1.165) is 5.56 Å². The zero-order chi connectivity index (χ0) is 14.7. The van der Waals surface area contributed by atoms with Crippen molar-refractivity contribution in [3.63, 3.8) is 0 Å². The van der Waals surface area contributed by atoms with Crippen molar-refractivity contribution in [3.8, 4) is 11.5 Å². The lowest BCUT2D eigenvalue weighted by atomic mass is 10.2. The molecule has 6 heteroatoms. The van der Waals surface area contributed by atoms with E-state index in [-0.39, 0.29) is 25.0 Å². The predicted molar refractivity (Wildman–Crippen MR) is 77.6 cm³/mol. The Morgan fingerprint density at radius 2 is 2.35 bits per heavy atom. The van der Waals surface area contributed by atoms with E-state index in [0.29, 0.717) is 17.3 Å². The molecule has 0 spiro atoms. The highest BCUT2D eigenvalue weighted by molar-refractivity contribution is 7.08. The second-order valence-electron chi connectivity index (χ2n) is 4.75. The second-order valence-corrected chi connectivity index (χ2v) is 5.53. The largest absolute Gasteiger partial charge is 0.441 e. The number of carbonyl (C=O) groups is 1. The first kappa shape index (κ1) is 14.7. The molecule has 0 aliphatic rings. The number of oxazole rings is 1. The van der Waals surface area contributed by atoms with Gasteiger partial charge in [-0.2, -0.15) is 11.3 Å². The molecule has 0 aliphatic heterocycles. The summed E-state index contributed by atoms with van der Waals surface area (Å²) < 4.78 is 5.60. The molecule has 2 heterocycles. The molecular formula is C14H18N2O3S. The molecule has 1 atom stereocenters. The molecule has 20 heavy (non-hydrogen) atoms. The van der Waals surface area contributed by atoms with Gasteiger partial charge >= 0.3 is 0 Å². The van der Waals surface area contributed by atoms with Gasteiger partial charge in [0.1, 0.15) is 5.76 Å². The third kappa shape index (κ3) is 3.08. The van der Waals surface area contributed by atoms with Gasteiger partial charge < -0.3 is 14.4 Å². The number of aliphatic hydroxyl groups is 1. The van der Waals surface area contributed by atoms with E-state index in [9.17, 15) is 4.79 Å². The normalized spacial score (nSPS) is 12.4. The molecule has 0 bridgehead atoms. The maximum atomic E-state index is 12.1. The molecule has 0 saturated heterocycles. The third-order valence-electron chi connectivity index (χ3n) is 3.30. The highest BCUT2D eigenvalue weighted by Gasteiger charge is 2.19. The maximum absolute atomic E-state index is 12.1. The molecule has 0 aliphatic carbocycles. The number of aromatic nitrogens is 1. The number of hydrogen-bond acceptors (Lipinski definition) is 5. The molecule has 1 N–H and O–H groups in total. The van der Waals surface area contributed by atoms with E-state index in [1.54, 1.807) is 32.2 Å². The van der Waals surface area contributed by atoms with Gasteiger partial charge in [0, 0.05) is 18.0 Å². The van der Waals surface area contributed by atoms with Crippen LogP contribution in [-0.4, -0.2) is 40.6 Å². The Bertz CT molecular complexity index is 577. The smallest absolute Gasteiger partial charge is 0.228 e. The zero-order valence-electron chi connectivity index (χ0n) is 11.8. The van der Waals surface area contributed by atoms with Gasteiger partial charge in [-0.25, -0.2) is 4.98 Å². The summed E-state index contributed by atoms with van der Waals surface area (Å²) in [5.41, 5.74) is 1.57. The fraction of sp³-hybridized carbons (Fsp3) is 0.429. The van der Waals surface area contributed by atoms with E-state index in [2.05, 4.69) is 4.98 Å². The number of rotatable bonds is 5. The van der Waals surface area contributed by atoms with E-state index in [1.807, 2.05) is 16.8 Å². The summed E-state index contributed by atoms with van der Waals surface area (Å²) in [4.78, 5) is 18.0. The average molecular weight is 294 g/mol. The van der Waals surface area contributed by atoms with E-state index < -0.39 is 0 Å². The molecule has 0 radical (unpaired) electrons. The maximum Gasteiger partial charge on any atom is 0.228 e. The summed E-state index contributed by atoms with van der Waals surface area (Å²) in [6.07, 6.45) is 0.181. The van der Waals surface area contributed by atoms with Crippen molar-refractivity contribution in [1.29, 1.82) is 0 Å². The molecule has 108 valence electrons. The van der Waals surface area contributed by atoms with Crippen LogP contribution in [0, 0.1) is 6.92 Å². The number of nitrogens with zero attached hydrogens (tertiary/aromatic N) is 2. The monoisotopic (exact) mass is 294 g/mol. The second kappa shape index (κ2) is 6.19. The Balaban J connectivity index is 2.12. The highest BCUT2D eigenvalue weighted by Crippen LogP contribution is 2.24. The van der Waals surface area contributed by atoms with Gasteiger partial charge in [0.25, 0.3) is 0 Å². The summed E-state index contributed by atoms with van der Waals surface area (Å²) in [6.45, 7) is 3.55. The van der Waals surface area contributed by atoms with Gasteiger partial charge in [0.2, 0.25) is 11.8 Å². The molecule has 5 nitrogen and oxygen atoms in total. The van der Waals surface area contributed by atoms with E-state index in [4.69, 9.17) is 9.52 Å². The van der Waals surface area contributed by atoms with Crippen LogP contribution in [0.5, 0.6) is 0 Å². The van der Waals surface area contributed by atoms with Crippen LogP contribution in [0.4, 0.5) is 0 Å². The Hall–Kier alpha value is -1.66. The minimum absolute atomic E-state index is 0.0554.